The van der Waals surface area contributed by atoms with Gasteiger partial charge in [-0.1, -0.05) is 41.9 Å². The standard InChI is InChI=1S/C23H22ClN3O2/c1-27(2)21-22(29-20-12-17(14-25)11-19(24)13-20)18(15-26-23(21)28)10-6-9-16-7-4-3-5-8-16/h3-5,7-8,11-13,15H,6,9-10H2,1-2H3,(H,26,28). The van der Waals surface area contributed by atoms with Crippen LogP contribution in [0.5, 0.6) is 11.5 Å². The summed E-state index contributed by atoms with van der Waals surface area (Å²) in [4.78, 5) is 17.0. The topological polar surface area (TPSA) is 69.1 Å². The summed E-state index contributed by atoms with van der Waals surface area (Å²) in [5.41, 5.74) is 2.75. The molecule has 0 amide bonds. The van der Waals surface area contributed by atoms with Gasteiger partial charge in [0.15, 0.2) is 5.75 Å². The highest BCUT2D eigenvalue weighted by Crippen LogP contribution is 2.34. The lowest BCUT2D eigenvalue weighted by molar-refractivity contribution is 0.473. The number of nitrogens with one attached hydrogen (secondary N) is 1. The van der Waals surface area contributed by atoms with Gasteiger partial charge in [0.1, 0.15) is 11.4 Å². The van der Waals surface area contributed by atoms with Crippen molar-refractivity contribution in [3.05, 3.63) is 86.8 Å². The Kier molecular flexibility index (Phi) is 6.58. The molecule has 148 valence electrons. The summed E-state index contributed by atoms with van der Waals surface area (Å²) in [5, 5.41) is 9.59. The molecule has 3 aromatic rings. The van der Waals surface area contributed by atoms with E-state index in [0.717, 1.165) is 24.8 Å². The van der Waals surface area contributed by atoms with Crippen LogP contribution in [0.3, 0.4) is 0 Å². The van der Waals surface area contributed by atoms with Crippen LogP contribution in [0.15, 0.2) is 59.5 Å². The number of pyridine rings is 1. The molecule has 1 N–H and O–H groups in total. The SMILES string of the molecule is CN(C)c1c(Oc2cc(Cl)cc(C#N)c2)c(CCCc2ccccc2)c[nH]c1=O. The van der Waals surface area contributed by atoms with Gasteiger partial charge in [-0.05, 0) is 43.0 Å². The van der Waals surface area contributed by atoms with E-state index in [4.69, 9.17) is 16.3 Å². The Morgan fingerprint density at radius 2 is 1.90 bits per heavy atom. The zero-order valence-corrected chi connectivity index (χ0v) is 17.2. The number of aromatic nitrogens is 1. The number of nitriles is 1. The van der Waals surface area contributed by atoms with Crippen LogP contribution in [-0.4, -0.2) is 19.1 Å². The third-order valence-electron chi connectivity index (χ3n) is 4.52. The van der Waals surface area contributed by atoms with E-state index in [9.17, 15) is 10.1 Å². The lowest BCUT2D eigenvalue weighted by atomic mass is 10.0. The fourth-order valence-electron chi connectivity index (χ4n) is 3.18. The minimum atomic E-state index is -0.237. The normalized spacial score (nSPS) is 10.4. The fourth-order valence-corrected chi connectivity index (χ4v) is 3.40. The van der Waals surface area contributed by atoms with Gasteiger partial charge in [0.05, 0.1) is 11.6 Å². The van der Waals surface area contributed by atoms with Crippen LogP contribution in [0.1, 0.15) is 23.1 Å². The third-order valence-corrected chi connectivity index (χ3v) is 4.74. The summed E-state index contributed by atoms with van der Waals surface area (Å²) in [7, 11) is 3.59. The van der Waals surface area contributed by atoms with Crippen LogP contribution in [0, 0.1) is 11.3 Å². The third kappa shape index (κ3) is 5.18. The molecule has 2 aromatic carbocycles. The minimum absolute atomic E-state index is 0.237. The van der Waals surface area contributed by atoms with Gasteiger partial charge >= 0.3 is 0 Å². The first-order valence-electron chi connectivity index (χ1n) is 9.32. The predicted octanol–water partition coefficient (Wildman–Crippen LogP) is 4.93. The van der Waals surface area contributed by atoms with Gasteiger partial charge < -0.3 is 14.6 Å². The molecule has 6 heteroatoms. The Hall–Kier alpha value is -3.23. The molecular weight excluding hydrogens is 386 g/mol. The van der Waals surface area contributed by atoms with Gasteiger partial charge in [-0.15, -0.1) is 0 Å². The zero-order chi connectivity index (χ0) is 20.8. The second kappa shape index (κ2) is 9.31. The highest BCUT2D eigenvalue weighted by atomic mass is 35.5. The van der Waals surface area contributed by atoms with E-state index >= 15 is 0 Å². The van der Waals surface area contributed by atoms with Crippen molar-refractivity contribution in [1.82, 2.24) is 4.98 Å². The van der Waals surface area contributed by atoms with E-state index in [1.807, 2.05) is 18.2 Å². The molecule has 0 saturated heterocycles. The van der Waals surface area contributed by atoms with Crippen molar-refractivity contribution in [2.75, 3.05) is 19.0 Å². The number of nitrogens with zero attached hydrogens (tertiary/aromatic N) is 2. The minimum Gasteiger partial charge on any atom is -0.455 e. The number of hydrogen-bond donors (Lipinski definition) is 1. The maximum absolute atomic E-state index is 12.5. The quantitative estimate of drug-likeness (QED) is 0.602. The summed E-state index contributed by atoms with van der Waals surface area (Å²) < 4.78 is 6.11. The van der Waals surface area contributed by atoms with E-state index in [1.54, 1.807) is 43.4 Å². The maximum atomic E-state index is 12.5. The van der Waals surface area contributed by atoms with Crippen LogP contribution in [0.25, 0.3) is 0 Å². The zero-order valence-electron chi connectivity index (χ0n) is 16.4. The molecule has 0 unspecified atom stereocenters. The van der Waals surface area contributed by atoms with E-state index in [-0.39, 0.29) is 5.56 Å². The fraction of sp³-hybridized carbons (Fsp3) is 0.217. The molecule has 0 aliphatic heterocycles. The van der Waals surface area contributed by atoms with E-state index in [2.05, 4.69) is 23.2 Å². The van der Waals surface area contributed by atoms with E-state index in [1.165, 1.54) is 5.56 Å². The highest BCUT2D eigenvalue weighted by molar-refractivity contribution is 6.30. The molecule has 0 spiro atoms. The monoisotopic (exact) mass is 407 g/mol. The first-order valence-corrected chi connectivity index (χ1v) is 9.70. The smallest absolute Gasteiger partial charge is 0.275 e. The average molecular weight is 408 g/mol. The molecule has 29 heavy (non-hydrogen) atoms. The van der Waals surface area contributed by atoms with Crippen LogP contribution < -0.4 is 15.2 Å². The summed E-state index contributed by atoms with van der Waals surface area (Å²) >= 11 is 6.11. The van der Waals surface area contributed by atoms with Crippen molar-refractivity contribution in [1.29, 1.82) is 5.26 Å². The Bertz CT molecular complexity index is 1090. The van der Waals surface area contributed by atoms with Gasteiger partial charge in [-0.3, -0.25) is 4.79 Å². The summed E-state index contributed by atoms with van der Waals surface area (Å²) in [6, 6.07) is 17.1. The maximum Gasteiger partial charge on any atom is 0.275 e. The molecule has 5 nitrogen and oxygen atoms in total. The molecule has 1 aromatic heterocycles. The van der Waals surface area contributed by atoms with Crippen molar-refractivity contribution in [2.24, 2.45) is 0 Å². The molecule has 0 saturated carbocycles. The van der Waals surface area contributed by atoms with Crippen molar-refractivity contribution >= 4 is 17.3 Å². The lowest BCUT2D eigenvalue weighted by Gasteiger charge is -2.20. The number of rotatable bonds is 7. The number of halogens is 1. The first kappa shape index (κ1) is 20.5. The number of aryl methyl sites for hydroxylation is 2. The van der Waals surface area contributed by atoms with Crippen molar-refractivity contribution in [3.63, 3.8) is 0 Å². The number of ether oxygens (including phenoxy) is 1. The summed E-state index contributed by atoms with van der Waals surface area (Å²) in [6.45, 7) is 0. The highest BCUT2D eigenvalue weighted by Gasteiger charge is 2.17. The predicted molar refractivity (Wildman–Crippen MR) is 116 cm³/mol. The summed E-state index contributed by atoms with van der Waals surface area (Å²) in [5.74, 6) is 0.907. The van der Waals surface area contributed by atoms with Crippen molar-refractivity contribution < 1.29 is 4.74 Å². The second-order valence-electron chi connectivity index (χ2n) is 6.94. The molecule has 0 aliphatic carbocycles. The van der Waals surface area contributed by atoms with Crippen LogP contribution in [0.4, 0.5) is 5.69 Å². The second-order valence-corrected chi connectivity index (χ2v) is 7.38. The van der Waals surface area contributed by atoms with Gasteiger partial charge in [0, 0.05) is 30.9 Å². The molecule has 0 bridgehead atoms. The molecule has 1 heterocycles. The summed E-state index contributed by atoms with van der Waals surface area (Å²) in [6.07, 6.45) is 4.25. The number of H-pyrrole nitrogens is 1. The largest absolute Gasteiger partial charge is 0.455 e. The lowest BCUT2D eigenvalue weighted by Crippen LogP contribution is -2.22. The van der Waals surface area contributed by atoms with Gasteiger partial charge in [0.2, 0.25) is 0 Å². The first-order chi connectivity index (χ1) is 14.0. The van der Waals surface area contributed by atoms with E-state index in [0.29, 0.717) is 27.8 Å². The average Bonchev–Trinajstić information content (AvgIpc) is 2.69. The molecular formula is C23H22ClN3O2. The molecule has 0 atom stereocenters. The Balaban J connectivity index is 1.92. The van der Waals surface area contributed by atoms with Crippen molar-refractivity contribution in [3.8, 4) is 17.6 Å². The van der Waals surface area contributed by atoms with Crippen LogP contribution in [0.2, 0.25) is 5.02 Å². The van der Waals surface area contributed by atoms with Gasteiger partial charge in [0.25, 0.3) is 5.56 Å². The molecule has 0 fully saturated rings. The Labute approximate surface area is 175 Å². The Morgan fingerprint density at radius 1 is 1.14 bits per heavy atom. The van der Waals surface area contributed by atoms with Crippen molar-refractivity contribution in [2.45, 2.75) is 19.3 Å². The van der Waals surface area contributed by atoms with Crippen LogP contribution in [-0.2, 0) is 12.8 Å². The van der Waals surface area contributed by atoms with E-state index < -0.39 is 0 Å². The van der Waals surface area contributed by atoms with Gasteiger partial charge in [-0.25, -0.2) is 0 Å². The number of benzene rings is 2. The number of hydrogen-bond acceptors (Lipinski definition) is 4. The van der Waals surface area contributed by atoms with Crippen LogP contribution >= 0.6 is 11.6 Å². The Morgan fingerprint density at radius 3 is 2.59 bits per heavy atom. The molecule has 0 radical (unpaired) electrons. The van der Waals surface area contributed by atoms with Gasteiger partial charge in [-0.2, -0.15) is 5.26 Å². The number of anilines is 1. The molecule has 3 rings (SSSR count). The number of aromatic amines is 1. The molecule has 0 aliphatic rings.